The first-order chi connectivity index (χ1) is 9.22. The van der Waals surface area contributed by atoms with Gasteiger partial charge in [0.25, 0.3) is 0 Å². The number of ether oxygens (including phenoxy) is 2. The van der Waals surface area contributed by atoms with Crippen LogP contribution >= 0.6 is 15.9 Å². The molecule has 4 nitrogen and oxygen atoms in total. The van der Waals surface area contributed by atoms with Crippen LogP contribution in [0.15, 0.2) is 28.9 Å². The van der Waals surface area contributed by atoms with Gasteiger partial charge in [0.1, 0.15) is 17.9 Å². The summed E-state index contributed by atoms with van der Waals surface area (Å²) in [6.45, 7) is 3.93. The van der Waals surface area contributed by atoms with Crippen molar-refractivity contribution in [3.63, 3.8) is 0 Å². The lowest BCUT2D eigenvalue weighted by Gasteiger charge is -2.10. The molecule has 19 heavy (non-hydrogen) atoms. The van der Waals surface area contributed by atoms with Crippen LogP contribution in [0.25, 0.3) is 10.9 Å². The van der Waals surface area contributed by atoms with Crippen LogP contribution in [0.4, 0.5) is 5.69 Å². The highest BCUT2D eigenvalue weighted by molar-refractivity contribution is 9.10. The van der Waals surface area contributed by atoms with Crippen molar-refractivity contribution in [2.24, 2.45) is 0 Å². The number of nitrogens with two attached hydrogens (primary N) is 1. The summed E-state index contributed by atoms with van der Waals surface area (Å²) < 4.78 is 12.0. The molecule has 0 amide bonds. The van der Waals surface area contributed by atoms with Crippen LogP contribution in [0.3, 0.4) is 0 Å². The van der Waals surface area contributed by atoms with E-state index in [1.807, 2.05) is 18.2 Å². The van der Waals surface area contributed by atoms with Gasteiger partial charge in [-0.2, -0.15) is 0 Å². The summed E-state index contributed by atoms with van der Waals surface area (Å²) in [5.41, 5.74) is 7.42. The fraction of sp³-hybridized carbons (Fsp3) is 0.357. The molecule has 2 rings (SSSR count). The van der Waals surface area contributed by atoms with Gasteiger partial charge in [0.15, 0.2) is 0 Å². The number of aromatic nitrogens is 1. The summed E-state index contributed by atoms with van der Waals surface area (Å²) >= 11 is 3.39. The van der Waals surface area contributed by atoms with Crippen LogP contribution < -0.4 is 10.5 Å². The molecule has 0 radical (unpaired) electrons. The lowest BCUT2D eigenvalue weighted by Crippen LogP contribution is -2.07. The first kappa shape index (κ1) is 14.1. The van der Waals surface area contributed by atoms with Gasteiger partial charge < -0.3 is 15.2 Å². The summed E-state index contributed by atoms with van der Waals surface area (Å²) in [5, 5.41) is 0.890. The van der Waals surface area contributed by atoms with Gasteiger partial charge in [0.2, 0.25) is 0 Å². The number of nitrogens with zero attached hydrogens (tertiary/aromatic N) is 1. The van der Waals surface area contributed by atoms with Crippen LogP contribution in [-0.4, -0.2) is 24.8 Å². The fourth-order valence-corrected chi connectivity index (χ4v) is 2.09. The zero-order chi connectivity index (χ0) is 13.7. The molecule has 0 saturated carbocycles. The number of fused-ring (bicyclic) bond motifs is 1. The molecule has 0 bridgehead atoms. The summed E-state index contributed by atoms with van der Waals surface area (Å²) in [5.74, 6) is 0.733. The summed E-state index contributed by atoms with van der Waals surface area (Å²) in [7, 11) is 0. The zero-order valence-electron chi connectivity index (χ0n) is 10.9. The van der Waals surface area contributed by atoms with Crippen LogP contribution in [0.5, 0.6) is 5.75 Å². The topological polar surface area (TPSA) is 57.4 Å². The first-order valence-corrected chi connectivity index (χ1v) is 7.06. The number of hydrogen-bond acceptors (Lipinski definition) is 4. The Labute approximate surface area is 121 Å². The quantitative estimate of drug-likeness (QED) is 0.653. The Balaban J connectivity index is 2.13. The Bertz CT molecular complexity index is 560. The normalized spacial score (nSPS) is 10.8. The minimum absolute atomic E-state index is 0.511. The molecular weight excluding hydrogens is 308 g/mol. The van der Waals surface area contributed by atoms with E-state index in [1.54, 1.807) is 6.20 Å². The number of rotatable bonds is 6. The van der Waals surface area contributed by atoms with E-state index in [4.69, 9.17) is 15.2 Å². The second-order valence-corrected chi connectivity index (χ2v) is 5.08. The van der Waals surface area contributed by atoms with Crippen molar-refractivity contribution < 1.29 is 9.47 Å². The van der Waals surface area contributed by atoms with Gasteiger partial charge in [0, 0.05) is 28.4 Å². The van der Waals surface area contributed by atoms with Crippen LogP contribution in [0.2, 0.25) is 0 Å². The molecule has 1 heterocycles. The second kappa shape index (κ2) is 6.73. The van der Waals surface area contributed by atoms with Crippen LogP contribution in [0.1, 0.15) is 13.3 Å². The van der Waals surface area contributed by atoms with Gasteiger partial charge in [-0.15, -0.1) is 0 Å². The van der Waals surface area contributed by atoms with Crippen molar-refractivity contribution in [1.82, 2.24) is 4.98 Å². The van der Waals surface area contributed by atoms with Crippen LogP contribution in [0, 0.1) is 0 Å². The Hall–Kier alpha value is -1.33. The highest BCUT2D eigenvalue weighted by Crippen LogP contribution is 2.30. The van der Waals surface area contributed by atoms with Crippen molar-refractivity contribution in [3.05, 3.63) is 28.9 Å². The van der Waals surface area contributed by atoms with E-state index in [-0.39, 0.29) is 0 Å². The maximum absolute atomic E-state index is 5.95. The average Bonchev–Trinajstić information content (AvgIpc) is 2.41. The fourth-order valence-electron chi connectivity index (χ4n) is 1.76. The van der Waals surface area contributed by atoms with Crippen molar-refractivity contribution in [3.8, 4) is 5.75 Å². The predicted octanol–water partition coefficient (Wildman–Crippen LogP) is 3.38. The molecule has 0 saturated heterocycles. The molecule has 0 fully saturated rings. The predicted molar refractivity (Wildman–Crippen MR) is 80.5 cm³/mol. The monoisotopic (exact) mass is 324 g/mol. The zero-order valence-corrected chi connectivity index (χ0v) is 12.4. The summed E-state index contributed by atoms with van der Waals surface area (Å²) in [6, 6.07) is 5.62. The lowest BCUT2D eigenvalue weighted by atomic mass is 10.2. The third-order valence-electron chi connectivity index (χ3n) is 2.65. The lowest BCUT2D eigenvalue weighted by molar-refractivity contribution is 0.101. The van der Waals surface area contributed by atoms with Crippen molar-refractivity contribution in [2.75, 3.05) is 25.6 Å². The number of pyridine rings is 1. The minimum Gasteiger partial charge on any atom is -0.489 e. The van der Waals surface area contributed by atoms with Gasteiger partial charge in [-0.3, -0.25) is 4.98 Å². The van der Waals surface area contributed by atoms with E-state index in [0.717, 1.165) is 34.2 Å². The van der Waals surface area contributed by atoms with E-state index in [2.05, 4.69) is 27.8 Å². The standard InChI is InChI=1S/C14H17BrN2O2/c1-2-5-18-6-7-19-13-4-3-12(16)11-8-10(15)9-17-14(11)13/h3-4,8-9H,2,5-7,16H2,1H3. The molecule has 2 N–H and O–H groups in total. The highest BCUT2D eigenvalue weighted by atomic mass is 79.9. The molecule has 1 aromatic heterocycles. The first-order valence-electron chi connectivity index (χ1n) is 6.26. The number of hydrogen-bond donors (Lipinski definition) is 1. The van der Waals surface area contributed by atoms with Crippen molar-refractivity contribution in [2.45, 2.75) is 13.3 Å². The molecule has 0 aliphatic carbocycles. The van der Waals surface area contributed by atoms with Gasteiger partial charge in [0.05, 0.1) is 6.61 Å². The molecule has 2 aromatic rings. The molecule has 102 valence electrons. The summed E-state index contributed by atoms with van der Waals surface area (Å²) in [4.78, 5) is 4.36. The van der Waals surface area contributed by atoms with Crippen molar-refractivity contribution >= 4 is 32.5 Å². The number of nitrogen functional groups attached to an aromatic ring is 1. The molecule has 0 aliphatic heterocycles. The van der Waals surface area contributed by atoms with Crippen molar-refractivity contribution in [1.29, 1.82) is 0 Å². The Morgan fingerprint density at radius 1 is 1.26 bits per heavy atom. The SMILES string of the molecule is CCCOCCOc1ccc(N)c2cc(Br)cnc12. The average molecular weight is 325 g/mol. The smallest absolute Gasteiger partial charge is 0.145 e. The van der Waals surface area contributed by atoms with E-state index in [9.17, 15) is 0 Å². The van der Waals surface area contributed by atoms with Gasteiger partial charge in [-0.1, -0.05) is 6.92 Å². The highest BCUT2D eigenvalue weighted by Gasteiger charge is 2.07. The maximum Gasteiger partial charge on any atom is 0.145 e. The molecule has 5 heteroatoms. The molecular formula is C14H17BrN2O2. The van der Waals surface area contributed by atoms with Gasteiger partial charge >= 0.3 is 0 Å². The third kappa shape index (κ3) is 3.58. The van der Waals surface area contributed by atoms with E-state index in [1.165, 1.54) is 0 Å². The largest absolute Gasteiger partial charge is 0.489 e. The number of benzene rings is 1. The number of anilines is 1. The third-order valence-corrected chi connectivity index (χ3v) is 3.08. The minimum atomic E-state index is 0.511. The Morgan fingerprint density at radius 2 is 2.11 bits per heavy atom. The Morgan fingerprint density at radius 3 is 2.89 bits per heavy atom. The summed E-state index contributed by atoms with van der Waals surface area (Å²) in [6.07, 6.45) is 2.75. The van der Waals surface area contributed by atoms with Gasteiger partial charge in [-0.05, 0) is 40.5 Å². The van der Waals surface area contributed by atoms with Crippen LogP contribution in [-0.2, 0) is 4.74 Å². The molecule has 0 atom stereocenters. The molecule has 0 spiro atoms. The molecule has 0 aliphatic rings. The Kier molecular flexibility index (Phi) is 4.99. The van der Waals surface area contributed by atoms with E-state index < -0.39 is 0 Å². The van der Waals surface area contributed by atoms with E-state index in [0.29, 0.717) is 18.9 Å². The second-order valence-electron chi connectivity index (χ2n) is 4.16. The molecule has 1 aromatic carbocycles. The van der Waals surface area contributed by atoms with Gasteiger partial charge in [-0.25, -0.2) is 0 Å². The number of halogens is 1. The maximum atomic E-state index is 5.95. The van der Waals surface area contributed by atoms with E-state index >= 15 is 0 Å². The molecule has 0 unspecified atom stereocenters.